The number of hydrogen-bond acceptors (Lipinski definition) is 7. The van der Waals surface area contributed by atoms with Gasteiger partial charge in [-0.2, -0.15) is 8.42 Å². The quantitative estimate of drug-likeness (QED) is 0.401. The smallest absolute Gasteiger partial charge is 0.414 e. The van der Waals surface area contributed by atoms with Crippen LogP contribution in [0.25, 0.3) is 11.0 Å². The van der Waals surface area contributed by atoms with Crippen LogP contribution in [-0.2, 0) is 23.2 Å². The van der Waals surface area contributed by atoms with Gasteiger partial charge in [0.15, 0.2) is 0 Å². The normalized spacial score (nSPS) is 11.6. The number of nitrogens with one attached hydrogen (secondary N) is 2. The molecule has 0 aliphatic rings. The molecule has 0 spiro atoms. The monoisotopic (exact) mass is 566 g/mol. The minimum Gasteiger partial charge on any atom is -0.422 e. The zero-order valence-electron chi connectivity index (χ0n) is 20.0. The summed E-state index contributed by atoms with van der Waals surface area (Å²) in [6.07, 6.45) is -0.343. The summed E-state index contributed by atoms with van der Waals surface area (Å²) in [5, 5.41) is 0.709. The molecule has 0 aliphatic heterocycles. The summed E-state index contributed by atoms with van der Waals surface area (Å²) < 4.78 is 40.0. The summed E-state index contributed by atoms with van der Waals surface area (Å²) in [5.74, 6) is 0.259. The topological polar surface area (TPSA) is 121 Å². The van der Waals surface area contributed by atoms with Crippen molar-refractivity contribution in [2.45, 2.75) is 13.0 Å². The minimum atomic E-state index is -3.72. The molecule has 35 heavy (non-hydrogen) atoms. The second kappa shape index (κ2) is 10.8. The summed E-state index contributed by atoms with van der Waals surface area (Å²) in [6, 6.07) is 10.0. The number of nitrogens with zero attached hydrogens (tertiary/aromatic N) is 2. The first-order chi connectivity index (χ1) is 16.4. The fraction of sp³-hybridized carbons (Fsp3) is 0.304. The van der Waals surface area contributed by atoms with Gasteiger partial charge in [-0.15, -0.1) is 0 Å². The van der Waals surface area contributed by atoms with Gasteiger partial charge < -0.3 is 19.0 Å². The van der Waals surface area contributed by atoms with Crippen LogP contribution < -0.4 is 19.8 Å². The Hall–Kier alpha value is -2.93. The van der Waals surface area contributed by atoms with Crippen molar-refractivity contribution in [3.63, 3.8) is 0 Å². The third-order valence-corrected chi connectivity index (χ3v) is 7.06. The minimum absolute atomic E-state index is 0.203. The predicted octanol–water partition coefficient (Wildman–Crippen LogP) is 3.14. The van der Waals surface area contributed by atoms with Crippen LogP contribution in [-0.4, -0.2) is 59.5 Å². The molecule has 3 aromatic rings. The van der Waals surface area contributed by atoms with Gasteiger partial charge in [-0.1, -0.05) is 12.1 Å². The summed E-state index contributed by atoms with van der Waals surface area (Å²) in [7, 11) is 4.51. The Morgan fingerprint density at radius 3 is 2.46 bits per heavy atom. The standard InChI is InChI=1S/C23H27BrN4O6S/c1-25-35(31,32)26-19-8-6-7-14(21(19)24)11-17-18(13-27(2)3)16-10-9-15(33-23(30)28(4)5)12-20(16)34-22(17)29/h6-10,12,25-26H,11,13H2,1-5H3. The second-order valence-electron chi connectivity index (χ2n) is 8.27. The number of benzene rings is 2. The van der Waals surface area contributed by atoms with Gasteiger partial charge in [0.1, 0.15) is 11.3 Å². The zero-order chi connectivity index (χ0) is 25.9. The van der Waals surface area contributed by atoms with Crippen LogP contribution in [0.4, 0.5) is 10.5 Å². The maximum absolute atomic E-state index is 13.1. The Labute approximate surface area is 212 Å². The fourth-order valence-corrected chi connectivity index (χ4v) is 4.59. The molecule has 0 radical (unpaired) electrons. The summed E-state index contributed by atoms with van der Waals surface area (Å²) in [4.78, 5) is 28.2. The molecule has 1 heterocycles. The Morgan fingerprint density at radius 1 is 1.11 bits per heavy atom. The molecular weight excluding hydrogens is 540 g/mol. The van der Waals surface area contributed by atoms with Crippen LogP contribution in [0, 0.1) is 0 Å². The van der Waals surface area contributed by atoms with Crippen molar-refractivity contribution in [3.05, 3.63) is 68.0 Å². The van der Waals surface area contributed by atoms with Gasteiger partial charge in [0.05, 0.1) is 5.69 Å². The SMILES string of the molecule is CNS(=O)(=O)Nc1cccc(Cc2c(CN(C)C)c3ccc(OC(=O)N(C)C)cc3oc2=O)c1Br. The molecule has 0 saturated carbocycles. The lowest BCUT2D eigenvalue weighted by molar-refractivity contribution is 0.172. The maximum atomic E-state index is 13.1. The molecule has 1 aromatic heterocycles. The lowest BCUT2D eigenvalue weighted by Crippen LogP contribution is -2.26. The number of hydrogen-bond donors (Lipinski definition) is 2. The van der Waals surface area contributed by atoms with E-state index in [1.165, 1.54) is 18.0 Å². The molecule has 0 aliphatic carbocycles. The Bertz CT molecular complexity index is 1420. The van der Waals surface area contributed by atoms with Crippen molar-refractivity contribution in [1.29, 1.82) is 0 Å². The maximum Gasteiger partial charge on any atom is 0.414 e. The molecule has 10 nitrogen and oxygen atoms in total. The average molecular weight is 567 g/mol. The lowest BCUT2D eigenvalue weighted by atomic mass is 9.98. The van der Waals surface area contributed by atoms with Gasteiger partial charge in [-0.25, -0.2) is 14.3 Å². The van der Waals surface area contributed by atoms with Crippen molar-refractivity contribution in [1.82, 2.24) is 14.5 Å². The van der Waals surface area contributed by atoms with Crippen LogP contribution in [0.15, 0.2) is 50.1 Å². The van der Waals surface area contributed by atoms with Crippen molar-refractivity contribution >= 4 is 48.9 Å². The van der Waals surface area contributed by atoms with Gasteiger partial charge in [-0.05, 0) is 59.4 Å². The molecule has 12 heteroatoms. The molecule has 0 saturated heterocycles. The van der Waals surface area contributed by atoms with Crippen molar-refractivity contribution in [3.8, 4) is 5.75 Å². The van der Waals surface area contributed by atoms with E-state index in [1.54, 1.807) is 44.4 Å². The first-order valence-corrected chi connectivity index (χ1v) is 12.8. The van der Waals surface area contributed by atoms with Gasteiger partial charge >= 0.3 is 11.7 Å². The molecule has 2 N–H and O–H groups in total. The Kier molecular flexibility index (Phi) is 8.21. The molecule has 0 bridgehead atoms. The van der Waals surface area contributed by atoms with Crippen LogP contribution in [0.2, 0.25) is 0 Å². The average Bonchev–Trinajstić information content (AvgIpc) is 2.77. The third kappa shape index (κ3) is 6.40. The van der Waals surface area contributed by atoms with Crippen molar-refractivity contribution < 1.29 is 22.4 Å². The van der Waals surface area contributed by atoms with E-state index in [1.807, 2.05) is 19.0 Å². The van der Waals surface area contributed by atoms with E-state index >= 15 is 0 Å². The second-order valence-corrected chi connectivity index (χ2v) is 10.7. The van der Waals surface area contributed by atoms with Gasteiger partial charge in [0.2, 0.25) is 0 Å². The van der Waals surface area contributed by atoms with E-state index in [4.69, 9.17) is 9.15 Å². The number of fused-ring (bicyclic) bond motifs is 1. The largest absolute Gasteiger partial charge is 0.422 e. The first-order valence-electron chi connectivity index (χ1n) is 10.5. The van der Waals surface area contributed by atoms with Gasteiger partial charge in [-0.3, -0.25) is 4.72 Å². The van der Waals surface area contributed by atoms with E-state index < -0.39 is 21.9 Å². The van der Waals surface area contributed by atoms with E-state index in [-0.39, 0.29) is 12.2 Å². The van der Waals surface area contributed by atoms with Crippen molar-refractivity contribution in [2.75, 3.05) is 40.0 Å². The molecule has 0 unspecified atom stereocenters. The van der Waals surface area contributed by atoms with E-state index in [9.17, 15) is 18.0 Å². The molecule has 3 rings (SSSR count). The van der Waals surface area contributed by atoms with E-state index in [0.717, 1.165) is 5.56 Å². The van der Waals surface area contributed by atoms with Gasteiger partial charge in [0, 0.05) is 55.6 Å². The number of anilines is 1. The van der Waals surface area contributed by atoms with E-state index in [2.05, 4.69) is 25.4 Å². The number of carbonyl (C=O) groups excluding carboxylic acids is 1. The predicted molar refractivity (Wildman–Crippen MR) is 138 cm³/mol. The zero-order valence-corrected chi connectivity index (χ0v) is 22.4. The first kappa shape index (κ1) is 26.7. The molecule has 0 atom stereocenters. The van der Waals surface area contributed by atoms with Gasteiger partial charge in [0.25, 0.3) is 10.2 Å². The number of halogens is 1. The highest BCUT2D eigenvalue weighted by Crippen LogP contribution is 2.31. The lowest BCUT2D eigenvalue weighted by Gasteiger charge is -2.17. The molecule has 2 aromatic carbocycles. The van der Waals surface area contributed by atoms with Crippen LogP contribution in [0.1, 0.15) is 16.7 Å². The summed E-state index contributed by atoms with van der Waals surface area (Å²) in [5.41, 5.74) is 2.01. The van der Waals surface area contributed by atoms with Crippen molar-refractivity contribution in [2.24, 2.45) is 0 Å². The highest BCUT2D eigenvalue weighted by atomic mass is 79.9. The summed E-state index contributed by atoms with van der Waals surface area (Å²) in [6.45, 7) is 0.456. The molecule has 188 valence electrons. The number of rotatable bonds is 8. The van der Waals surface area contributed by atoms with Crippen LogP contribution in [0.3, 0.4) is 0 Å². The molecule has 1 amide bonds. The third-order valence-electron chi connectivity index (χ3n) is 5.10. The number of amides is 1. The fourth-order valence-electron chi connectivity index (χ4n) is 3.40. The van der Waals surface area contributed by atoms with Crippen LogP contribution in [0.5, 0.6) is 5.75 Å². The molecular formula is C23H27BrN4O6S. The van der Waals surface area contributed by atoms with Crippen LogP contribution >= 0.6 is 15.9 Å². The highest BCUT2D eigenvalue weighted by molar-refractivity contribution is 9.10. The summed E-state index contributed by atoms with van der Waals surface area (Å²) >= 11 is 3.46. The molecule has 0 fully saturated rings. The Morgan fingerprint density at radius 2 is 1.83 bits per heavy atom. The number of ether oxygens (including phenoxy) is 1. The Balaban J connectivity index is 2.09. The number of carbonyl (C=O) groups is 1. The highest BCUT2D eigenvalue weighted by Gasteiger charge is 2.20. The van der Waals surface area contributed by atoms with E-state index in [0.29, 0.717) is 38.8 Å².